The second kappa shape index (κ2) is 10.3. The van der Waals surface area contributed by atoms with Gasteiger partial charge in [-0.15, -0.1) is 0 Å². The Morgan fingerprint density at radius 2 is 1.92 bits per heavy atom. The fourth-order valence-electron chi connectivity index (χ4n) is 4.21. The van der Waals surface area contributed by atoms with Gasteiger partial charge in [0.2, 0.25) is 10.0 Å². The number of halogens is 5. The van der Waals surface area contributed by atoms with Crippen LogP contribution in [0.3, 0.4) is 0 Å². The van der Waals surface area contributed by atoms with E-state index in [-0.39, 0.29) is 46.7 Å². The number of alkyl halides is 3. The van der Waals surface area contributed by atoms with Crippen LogP contribution in [-0.2, 0) is 26.7 Å². The molecule has 2 aromatic rings. The number of ether oxygens (including phenoxy) is 1. The number of aromatic nitrogens is 1. The number of sulfonamides is 1. The molecular weight excluding hydrogens is 574 g/mol. The van der Waals surface area contributed by atoms with Gasteiger partial charge in [-0.25, -0.2) is 17.5 Å². The van der Waals surface area contributed by atoms with Crippen molar-refractivity contribution in [2.45, 2.75) is 30.1 Å². The number of aryl methyl sites for hydroxylation is 1. The summed E-state index contributed by atoms with van der Waals surface area (Å²) in [5.74, 6) is -5.21. The number of hydrogen-bond acceptors (Lipinski definition) is 6. The first-order valence-corrected chi connectivity index (χ1v) is 13.2. The molecule has 1 fully saturated rings. The SMILES string of the molecule is CC(NC(=O)C(=O)N1CC2COc3c(cn(C)c3C(=O)Nc3ccc(F)c(Cl)c3)S(=O)(=O)NC2C1)C(F)(F)F. The normalized spacial score (nSPS) is 21.1. The van der Waals surface area contributed by atoms with Crippen LogP contribution in [0, 0.1) is 11.7 Å². The summed E-state index contributed by atoms with van der Waals surface area (Å²) in [5.41, 5.74) is -0.0444. The van der Waals surface area contributed by atoms with Crippen LogP contribution in [-0.4, -0.2) is 73.6 Å². The number of benzene rings is 1. The molecule has 3 amide bonds. The Labute approximate surface area is 224 Å². The van der Waals surface area contributed by atoms with E-state index in [2.05, 4.69) is 10.0 Å². The first-order valence-electron chi connectivity index (χ1n) is 11.4. The molecular formula is C22H22ClF4N5O6S. The maximum Gasteiger partial charge on any atom is 0.408 e. The van der Waals surface area contributed by atoms with Crippen LogP contribution in [0.1, 0.15) is 17.4 Å². The molecule has 3 atom stereocenters. The summed E-state index contributed by atoms with van der Waals surface area (Å²) in [7, 11) is -2.90. The van der Waals surface area contributed by atoms with Crippen molar-refractivity contribution in [2.24, 2.45) is 13.0 Å². The van der Waals surface area contributed by atoms with Crippen LogP contribution in [0.25, 0.3) is 0 Å². The highest BCUT2D eigenvalue weighted by molar-refractivity contribution is 7.89. The fourth-order valence-corrected chi connectivity index (χ4v) is 5.88. The number of carbonyl (C=O) groups excluding carboxylic acids is 3. The van der Waals surface area contributed by atoms with E-state index in [4.69, 9.17) is 16.3 Å². The number of likely N-dealkylation sites (tertiary alicyclic amines) is 1. The van der Waals surface area contributed by atoms with Crippen molar-refractivity contribution >= 4 is 45.0 Å². The Bertz CT molecular complexity index is 1450. The van der Waals surface area contributed by atoms with E-state index < -0.39 is 57.7 Å². The number of amides is 3. The molecule has 1 aromatic carbocycles. The van der Waals surface area contributed by atoms with Crippen molar-refractivity contribution in [3.8, 4) is 5.75 Å². The Balaban J connectivity index is 1.54. The summed E-state index contributed by atoms with van der Waals surface area (Å²) in [6.45, 7) is -0.00354. The average molecular weight is 596 g/mol. The van der Waals surface area contributed by atoms with Crippen molar-refractivity contribution in [2.75, 3.05) is 25.0 Å². The Hall–Kier alpha value is -3.37. The second-order valence-electron chi connectivity index (χ2n) is 9.11. The lowest BCUT2D eigenvalue weighted by molar-refractivity contribution is -0.162. The second-order valence-corrected chi connectivity index (χ2v) is 11.2. The van der Waals surface area contributed by atoms with Crippen LogP contribution in [0.2, 0.25) is 5.02 Å². The number of hydrogen-bond donors (Lipinski definition) is 3. The van der Waals surface area contributed by atoms with Crippen molar-refractivity contribution in [1.29, 1.82) is 0 Å². The number of nitrogens with zero attached hydrogens (tertiary/aromatic N) is 2. The highest BCUT2D eigenvalue weighted by Gasteiger charge is 2.44. The van der Waals surface area contributed by atoms with Crippen molar-refractivity contribution in [1.82, 2.24) is 19.5 Å². The van der Waals surface area contributed by atoms with E-state index in [1.165, 1.54) is 23.7 Å². The van der Waals surface area contributed by atoms with E-state index >= 15 is 0 Å². The first kappa shape index (κ1) is 28.6. The Morgan fingerprint density at radius 1 is 1.23 bits per heavy atom. The number of fused-ring (bicyclic) bond motifs is 2. The van der Waals surface area contributed by atoms with Crippen molar-refractivity contribution < 1.29 is 45.1 Å². The van der Waals surface area contributed by atoms with Crippen LogP contribution in [0.4, 0.5) is 23.2 Å². The molecule has 0 spiro atoms. The van der Waals surface area contributed by atoms with Crippen LogP contribution >= 0.6 is 11.6 Å². The third-order valence-electron chi connectivity index (χ3n) is 6.29. The van der Waals surface area contributed by atoms with Crippen LogP contribution in [0.5, 0.6) is 5.75 Å². The van der Waals surface area contributed by atoms with Gasteiger partial charge in [0.05, 0.1) is 11.6 Å². The zero-order chi connectivity index (χ0) is 28.9. The van der Waals surface area contributed by atoms with Gasteiger partial charge in [0.15, 0.2) is 11.4 Å². The molecule has 2 aliphatic heterocycles. The lowest BCUT2D eigenvalue weighted by atomic mass is 10.1. The molecule has 0 saturated carbocycles. The van der Waals surface area contributed by atoms with Gasteiger partial charge in [0, 0.05) is 44.0 Å². The van der Waals surface area contributed by atoms with E-state index in [0.29, 0.717) is 6.92 Å². The molecule has 3 N–H and O–H groups in total. The summed E-state index contributed by atoms with van der Waals surface area (Å²) in [6, 6.07) is 0.277. The van der Waals surface area contributed by atoms with Gasteiger partial charge in [0.25, 0.3) is 5.91 Å². The van der Waals surface area contributed by atoms with Crippen LogP contribution in [0.15, 0.2) is 29.3 Å². The zero-order valence-corrected chi connectivity index (χ0v) is 21.9. The van der Waals surface area contributed by atoms with Crippen molar-refractivity contribution in [3.05, 3.63) is 40.9 Å². The first-order chi connectivity index (χ1) is 18.1. The Morgan fingerprint density at radius 3 is 2.56 bits per heavy atom. The molecule has 2 aliphatic rings. The molecule has 3 unspecified atom stereocenters. The predicted octanol–water partition coefficient (Wildman–Crippen LogP) is 1.63. The minimum Gasteiger partial charge on any atom is -0.489 e. The predicted molar refractivity (Wildman–Crippen MR) is 128 cm³/mol. The molecule has 0 bridgehead atoms. The summed E-state index contributed by atoms with van der Waals surface area (Å²) in [5, 5.41) is 3.83. The van der Waals surface area contributed by atoms with E-state index in [0.717, 1.165) is 17.2 Å². The van der Waals surface area contributed by atoms with E-state index in [1.54, 1.807) is 5.32 Å². The topological polar surface area (TPSA) is 139 Å². The molecule has 4 rings (SSSR count). The molecule has 39 heavy (non-hydrogen) atoms. The summed E-state index contributed by atoms with van der Waals surface area (Å²) in [6.07, 6.45) is -3.61. The monoisotopic (exact) mass is 595 g/mol. The molecule has 0 aliphatic carbocycles. The number of carbonyl (C=O) groups is 3. The third kappa shape index (κ3) is 5.81. The Kier molecular flexibility index (Phi) is 7.57. The maximum atomic E-state index is 13.5. The standard InChI is InChI=1S/C22H22ClF4N5O6S/c1-10(22(25,26)27)28-20(34)21(35)32-6-11-9-38-18-16(39(36,37)30-15(11)7-32)8-31(2)17(18)19(33)29-12-3-4-14(24)13(23)5-12/h3-5,8,10-11,15,30H,6-7,9H2,1-2H3,(H,28,34)(H,29,33). The van der Waals surface area contributed by atoms with E-state index in [9.17, 15) is 40.4 Å². The molecule has 11 nitrogen and oxygen atoms in total. The van der Waals surface area contributed by atoms with Gasteiger partial charge < -0.3 is 24.8 Å². The van der Waals surface area contributed by atoms with Gasteiger partial charge >= 0.3 is 18.0 Å². The summed E-state index contributed by atoms with van der Waals surface area (Å²) < 4.78 is 87.5. The molecule has 17 heteroatoms. The largest absolute Gasteiger partial charge is 0.489 e. The molecule has 0 radical (unpaired) electrons. The molecule has 1 aromatic heterocycles. The quantitative estimate of drug-likeness (QED) is 0.364. The van der Waals surface area contributed by atoms with Gasteiger partial charge in [-0.1, -0.05) is 11.6 Å². The molecule has 1 saturated heterocycles. The van der Waals surface area contributed by atoms with Gasteiger partial charge in [-0.05, 0) is 25.1 Å². The minimum absolute atomic E-state index is 0.135. The van der Waals surface area contributed by atoms with Gasteiger partial charge in [0.1, 0.15) is 16.8 Å². The highest BCUT2D eigenvalue weighted by atomic mass is 35.5. The van der Waals surface area contributed by atoms with Gasteiger partial charge in [-0.3, -0.25) is 14.4 Å². The number of anilines is 1. The fraction of sp³-hybridized carbons (Fsp3) is 0.409. The summed E-state index contributed by atoms with van der Waals surface area (Å²) >= 11 is 5.75. The smallest absolute Gasteiger partial charge is 0.408 e. The van der Waals surface area contributed by atoms with E-state index in [1.807, 2.05) is 0 Å². The summed E-state index contributed by atoms with van der Waals surface area (Å²) in [4.78, 5) is 38.2. The lowest BCUT2D eigenvalue weighted by Gasteiger charge is -2.23. The maximum absolute atomic E-state index is 13.5. The van der Waals surface area contributed by atoms with Gasteiger partial charge in [-0.2, -0.15) is 13.2 Å². The molecule has 3 heterocycles. The zero-order valence-electron chi connectivity index (χ0n) is 20.3. The lowest BCUT2D eigenvalue weighted by Crippen LogP contribution is -2.50. The number of nitrogens with one attached hydrogen (secondary N) is 3. The van der Waals surface area contributed by atoms with Crippen molar-refractivity contribution in [3.63, 3.8) is 0 Å². The number of rotatable bonds is 3. The highest BCUT2D eigenvalue weighted by Crippen LogP contribution is 2.35. The van der Waals surface area contributed by atoms with Crippen LogP contribution < -0.4 is 20.1 Å². The minimum atomic E-state index is -4.76. The average Bonchev–Trinajstić information content (AvgIpc) is 3.38. The third-order valence-corrected chi connectivity index (χ3v) is 8.07. The molecule has 212 valence electrons.